The van der Waals surface area contributed by atoms with Crippen LogP contribution in [0.4, 0.5) is 5.69 Å². The van der Waals surface area contributed by atoms with Gasteiger partial charge in [0.1, 0.15) is 0 Å². The van der Waals surface area contributed by atoms with Crippen LogP contribution < -0.4 is 14.8 Å². The second-order valence-electron chi connectivity index (χ2n) is 5.70. The van der Waals surface area contributed by atoms with E-state index in [9.17, 15) is 4.79 Å². The Hall–Kier alpha value is -3.27. The Kier molecular flexibility index (Phi) is 5.54. The number of carbonyl (C=O) groups excluding carboxylic acids is 1. The van der Waals surface area contributed by atoms with Gasteiger partial charge in [0.15, 0.2) is 11.5 Å². The first-order valence-electron chi connectivity index (χ1n) is 8.49. The predicted octanol–water partition coefficient (Wildman–Crippen LogP) is 5.01. The molecule has 0 heterocycles. The fourth-order valence-electron chi connectivity index (χ4n) is 2.66. The molecule has 0 aliphatic rings. The summed E-state index contributed by atoms with van der Waals surface area (Å²) in [6.45, 7) is 2.44. The second-order valence-corrected chi connectivity index (χ2v) is 5.70. The predicted molar refractivity (Wildman–Crippen MR) is 104 cm³/mol. The van der Waals surface area contributed by atoms with Gasteiger partial charge in [-0.3, -0.25) is 4.79 Å². The maximum atomic E-state index is 12.5. The van der Waals surface area contributed by atoms with E-state index in [1.54, 1.807) is 25.3 Å². The van der Waals surface area contributed by atoms with Crippen LogP contribution in [-0.4, -0.2) is 19.6 Å². The number of methoxy groups -OCH3 is 1. The normalized spacial score (nSPS) is 10.2. The number of anilines is 1. The molecule has 3 rings (SSSR count). The molecule has 0 aliphatic heterocycles. The SMILES string of the molecule is CCOc1ccc(C(=O)Nc2ccc(-c3ccccc3)cc2)cc1OC. The van der Waals surface area contributed by atoms with Gasteiger partial charge in [0.05, 0.1) is 13.7 Å². The van der Waals surface area contributed by atoms with E-state index in [1.807, 2.05) is 49.4 Å². The van der Waals surface area contributed by atoms with Gasteiger partial charge >= 0.3 is 0 Å². The summed E-state index contributed by atoms with van der Waals surface area (Å²) < 4.78 is 10.8. The lowest BCUT2D eigenvalue weighted by atomic mass is 10.1. The van der Waals surface area contributed by atoms with Crippen LogP contribution in [-0.2, 0) is 0 Å². The van der Waals surface area contributed by atoms with Crippen molar-refractivity contribution < 1.29 is 14.3 Å². The molecule has 0 fully saturated rings. The highest BCUT2D eigenvalue weighted by molar-refractivity contribution is 6.04. The van der Waals surface area contributed by atoms with E-state index in [0.717, 1.165) is 16.8 Å². The van der Waals surface area contributed by atoms with Crippen molar-refractivity contribution in [1.29, 1.82) is 0 Å². The number of amides is 1. The van der Waals surface area contributed by atoms with Crippen molar-refractivity contribution in [3.63, 3.8) is 0 Å². The Morgan fingerprint density at radius 2 is 1.58 bits per heavy atom. The fourth-order valence-corrected chi connectivity index (χ4v) is 2.66. The molecular weight excluding hydrogens is 326 g/mol. The van der Waals surface area contributed by atoms with Crippen LogP contribution >= 0.6 is 0 Å². The van der Waals surface area contributed by atoms with Gasteiger partial charge in [-0.25, -0.2) is 0 Å². The average molecular weight is 347 g/mol. The van der Waals surface area contributed by atoms with Gasteiger partial charge in [-0.15, -0.1) is 0 Å². The minimum Gasteiger partial charge on any atom is -0.493 e. The van der Waals surface area contributed by atoms with Crippen LogP contribution in [0.3, 0.4) is 0 Å². The summed E-state index contributed by atoms with van der Waals surface area (Å²) >= 11 is 0. The minimum absolute atomic E-state index is 0.196. The second kappa shape index (κ2) is 8.21. The molecule has 0 unspecified atom stereocenters. The Morgan fingerprint density at radius 3 is 2.23 bits per heavy atom. The van der Waals surface area contributed by atoms with Crippen molar-refractivity contribution in [1.82, 2.24) is 0 Å². The molecule has 0 spiro atoms. The third-order valence-corrected chi connectivity index (χ3v) is 3.98. The quantitative estimate of drug-likeness (QED) is 0.681. The van der Waals surface area contributed by atoms with Crippen LogP contribution in [0, 0.1) is 0 Å². The fraction of sp³-hybridized carbons (Fsp3) is 0.136. The largest absolute Gasteiger partial charge is 0.493 e. The van der Waals surface area contributed by atoms with Gasteiger partial charge in [-0.1, -0.05) is 42.5 Å². The molecule has 3 aromatic carbocycles. The summed E-state index contributed by atoms with van der Waals surface area (Å²) in [6.07, 6.45) is 0. The molecule has 3 aromatic rings. The zero-order chi connectivity index (χ0) is 18.4. The zero-order valence-electron chi connectivity index (χ0n) is 14.9. The van der Waals surface area contributed by atoms with E-state index in [1.165, 1.54) is 0 Å². The first kappa shape index (κ1) is 17.5. The van der Waals surface area contributed by atoms with Crippen LogP contribution in [0.15, 0.2) is 72.8 Å². The Bertz CT molecular complexity index is 874. The molecule has 0 saturated heterocycles. The third kappa shape index (κ3) is 4.03. The van der Waals surface area contributed by atoms with Gasteiger partial charge in [0.25, 0.3) is 5.91 Å². The summed E-state index contributed by atoms with van der Waals surface area (Å²) in [6, 6.07) is 23.0. The van der Waals surface area contributed by atoms with Crippen molar-refractivity contribution in [3.05, 3.63) is 78.4 Å². The molecule has 0 atom stereocenters. The van der Waals surface area contributed by atoms with E-state index >= 15 is 0 Å². The Morgan fingerprint density at radius 1 is 0.885 bits per heavy atom. The van der Waals surface area contributed by atoms with Crippen molar-refractivity contribution in [2.24, 2.45) is 0 Å². The molecule has 0 aromatic heterocycles. The maximum absolute atomic E-state index is 12.5. The van der Waals surface area contributed by atoms with Gasteiger partial charge in [-0.05, 0) is 48.4 Å². The monoisotopic (exact) mass is 347 g/mol. The molecule has 26 heavy (non-hydrogen) atoms. The molecular formula is C22H21NO3. The lowest BCUT2D eigenvalue weighted by Crippen LogP contribution is -2.12. The standard InChI is InChI=1S/C22H21NO3/c1-3-26-20-14-11-18(15-21(20)25-2)22(24)23-19-12-9-17(10-13-19)16-7-5-4-6-8-16/h4-15H,3H2,1-2H3,(H,23,24). The van der Waals surface area contributed by atoms with Crippen LogP contribution in [0.5, 0.6) is 11.5 Å². The zero-order valence-corrected chi connectivity index (χ0v) is 14.9. The molecule has 132 valence electrons. The van der Waals surface area contributed by atoms with E-state index in [-0.39, 0.29) is 5.91 Å². The van der Waals surface area contributed by atoms with Crippen LogP contribution in [0.25, 0.3) is 11.1 Å². The summed E-state index contributed by atoms with van der Waals surface area (Å²) in [5.41, 5.74) is 3.49. The number of hydrogen-bond donors (Lipinski definition) is 1. The lowest BCUT2D eigenvalue weighted by molar-refractivity contribution is 0.102. The van der Waals surface area contributed by atoms with Crippen LogP contribution in [0.2, 0.25) is 0 Å². The number of carbonyl (C=O) groups is 1. The summed E-state index contributed by atoms with van der Waals surface area (Å²) in [5.74, 6) is 0.969. The maximum Gasteiger partial charge on any atom is 0.255 e. The number of benzene rings is 3. The molecule has 0 bridgehead atoms. The summed E-state index contributed by atoms with van der Waals surface area (Å²) in [4.78, 5) is 12.5. The summed E-state index contributed by atoms with van der Waals surface area (Å²) in [5, 5.41) is 2.90. The van der Waals surface area contributed by atoms with Crippen LogP contribution in [0.1, 0.15) is 17.3 Å². The number of ether oxygens (including phenoxy) is 2. The average Bonchev–Trinajstić information content (AvgIpc) is 2.69. The highest BCUT2D eigenvalue weighted by atomic mass is 16.5. The molecule has 0 aliphatic carbocycles. The lowest BCUT2D eigenvalue weighted by Gasteiger charge is -2.11. The minimum atomic E-state index is -0.196. The van der Waals surface area contributed by atoms with Crippen molar-refractivity contribution in [3.8, 4) is 22.6 Å². The van der Waals surface area contributed by atoms with E-state index in [2.05, 4.69) is 17.4 Å². The highest BCUT2D eigenvalue weighted by Gasteiger charge is 2.11. The van der Waals surface area contributed by atoms with E-state index < -0.39 is 0 Å². The summed E-state index contributed by atoms with van der Waals surface area (Å²) in [7, 11) is 1.56. The molecule has 0 radical (unpaired) electrons. The molecule has 4 heteroatoms. The van der Waals surface area contributed by atoms with Gasteiger partial charge in [0, 0.05) is 11.3 Å². The van der Waals surface area contributed by atoms with E-state index in [4.69, 9.17) is 9.47 Å². The third-order valence-electron chi connectivity index (χ3n) is 3.98. The Balaban J connectivity index is 1.73. The first-order valence-corrected chi connectivity index (χ1v) is 8.49. The number of hydrogen-bond acceptors (Lipinski definition) is 3. The number of rotatable bonds is 6. The molecule has 0 saturated carbocycles. The van der Waals surface area contributed by atoms with Gasteiger partial charge in [0.2, 0.25) is 0 Å². The highest BCUT2D eigenvalue weighted by Crippen LogP contribution is 2.28. The number of nitrogens with one attached hydrogen (secondary N) is 1. The van der Waals surface area contributed by atoms with Gasteiger partial charge < -0.3 is 14.8 Å². The van der Waals surface area contributed by atoms with Crippen molar-refractivity contribution in [2.45, 2.75) is 6.92 Å². The smallest absolute Gasteiger partial charge is 0.255 e. The first-order chi connectivity index (χ1) is 12.7. The van der Waals surface area contributed by atoms with E-state index in [0.29, 0.717) is 23.7 Å². The topological polar surface area (TPSA) is 47.6 Å². The molecule has 4 nitrogen and oxygen atoms in total. The molecule has 1 N–H and O–H groups in total. The van der Waals surface area contributed by atoms with Gasteiger partial charge in [-0.2, -0.15) is 0 Å². The van der Waals surface area contributed by atoms with Crippen molar-refractivity contribution >= 4 is 11.6 Å². The Labute approximate surface area is 153 Å². The van der Waals surface area contributed by atoms with Crippen molar-refractivity contribution in [2.75, 3.05) is 19.0 Å². The molecule has 1 amide bonds.